The van der Waals surface area contributed by atoms with Crippen LogP contribution in [0.2, 0.25) is 0 Å². The van der Waals surface area contributed by atoms with Crippen LogP contribution >= 0.6 is 0 Å². The summed E-state index contributed by atoms with van der Waals surface area (Å²) in [5.74, 6) is -13.4. The molecule has 0 aromatic heterocycles. The van der Waals surface area contributed by atoms with E-state index < -0.39 is 59.6 Å². The lowest BCUT2D eigenvalue weighted by molar-refractivity contribution is 0.0141. The lowest BCUT2D eigenvalue weighted by Crippen LogP contribution is -2.32. The van der Waals surface area contributed by atoms with Gasteiger partial charge in [0.2, 0.25) is 29.1 Å². The Morgan fingerprint density at radius 2 is 1.33 bits per heavy atom. The minimum absolute atomic E-state index is 0.00244. The first-order chi connectivity index (χ1) is 17.3. The summed E-state index contributed by atoms with van der Waals surface area (Å²) in [4.78, 5) is 24.3. The van der Waals surface area contributed by atoms with Gasteiger partial charge in [-0.2, -0.15) is 8.78 Å². The molecule has 0 radical (unpaired) electrons. The molecular weight excluding hydrogens is 489 g/mol. The maximum atomic E-state index is 13.9. The lowest BCUT2D eigenvalue weighted by atomic mass is 10.2. The summed E-state index contributed by atoms with van der Waals surface area (Å²) in [6.45, 7) is -0.888. The molecule has 0 aliphatic rings. The molecule has 0 aliphatic heterocycles. The normalized spacial score (nSPS) is 11.5. The number of rotatable bonds is 10. The van der Waals surface area contributed by atoms with Gasteiger partial charge in [0, 0.05) is 13.0 Å². The molecule has 1 atom stereocenters. The number of amides is 1. The Balaban J connectivity index is 1.63. The highest BCUT2D eigenvalue weighted by atomic mass is 19.2. The molecule has 3 rings (SSSR count). The third-order valence-electron chi connectivity index (χ3n) is 4.81. The SMILES string of the molecule is O=C(NCCC(COc1c(F)c(F)c(F)c(F)c1F)OC(=O)c1ccccc1)OCc1ccccc1. The molecule has 0 fully saturated rings. The number of esters is 1. The first kappa shape index (κ1) is 26.5. The number of hydrogen-bond acceptors (Lipinski definition) is 5. The Kier molecular flexibility index (Phi) is 9.20. The van der Waals surface area contributed by atoms with Crippen molar-refractivity contribution in [3.8, 4) is 5.75 Å². The van der Waals surface area contributed by atoms with Gasteiger partial charge >= 0.3 is 12.1 Å². The number of carbonyl (C=O) groups excluding carboxylic acids is 2. The highest BCUT2D eigenvalue weighted by Crippen LogP contribution is 2.29. The van der Waals surface area contributed by atoms with E-state index in [2.05, 4.69) is 5.32 Å². The second-order valence-electron chi connectivity index (χ2n) is 7.38. The summed E-state index contributed by atoms with van der Waals surface area (Å²) in [6, 6.07) is 16.5. The van der Waals surface area contributed by atoms with E-state index in [0.29, 0.717) is 0 Å². The molecule has 0 spiro atoms. The van der Waals surface area contributed by atoms with Gasteiger partial charge in [0.05, 0.1) is 5.56 Å². The van der Waals surface area contributed by atoms with Crippen LogP contribution in [0.1, 0.15) is 22.3 Å². The van der Waals surface area contributed by atoms with Crippen molar-refractivity contribution in [3.63, 3.8) is 0 Å². The van der Waals surface area contributed by atoms with Crippen LogP contribution < -0.4 is 10.1 Å². The van der Waals surface area contributed by atoms with E-state index in [-0.39, 0.29) is 25.1 Å². The maximum Gasteiger partial charge on any atom is 0.407 e. The molecule has 0 aliphatic carbocycles. The third-order valence-corrected chi connectivity index (χ3v) is 4.81. The molecule has 190 valence electrons. The highest BCUT2D eigenvalue weighted by Gasteiger charge is 2.28. The number of carbonyl (C=O) groups is 2. The molecule has 0 saturated heterocycles. The monoisotopic (exact) mass is 509 g/mol. The van der Waals surface area contributed by atoms with E-state index in [9.17, 15) is 31.5 Å². The molecule has 36 heavy (non-hydrogen) atoms. The van der Waals surface area contributed by atoms with Crippen LogP contribution in [0.25, 0.3) is 0 Å². The van der Waals surface area contributed by atoms with E-state index in [4.69, 9.17) is 14.2 Å². The molecule has 0 heterocycles. The molecular formula is C25H20F5NO5. The van der Waals surface area contributed by atoms with E-state index in [1.54, 1.807) is 48.5 Å². The maximum absolute atomic E-state index is 13.9. The van der Waals surface area contributed by atoms with Crippen LogP contribution in [0.3, 0.4) is 0 Å². The number of benzene rings is 3. The van der Waals surface area contributed by atoms with Crippen molar-refractivity contribution in [1.29, 1.82) is 0 Å². The zero-order valence-electron chi connectivity index (χ0n) is 18.6. The van der Waals surface area contributed by atoms with Gasteiger partial charge < -0.3 is 19.5 Å². The van der Waals surface area contributed by atoms with Crippen molar-refractivity contribution >= 4 is 12.1 Å². The number of hydrogen-bond donors (Lipinski definition) is 1. The zero-order valence-corrected chi connectivity index (χ0v) is 18.6. The first-order valence-electron chi connectivity index (χ1n) is 10.6. The second kappa shape index (κ2) is 12.5. The van der Waals surface area contributed by atoms with Crippen LogP contribution in [0, 0.1) is 29.1 Å². The Morgan fingerprint density at radius 1 is 0.778 bits per heavy atom. The number of halogens is 5. The van der Waals surface area contributed by atoms with Crippen LogP contribution in [0.4, 0.5) is 26.7 Å². The van der Waals surface area contributed by atoms with Crippen molar-refractivity contribution < 1.29 is 45.8 Å². The Bertz CT molecular complexity index is 1170. The quantitative estimate of drug-likeness (QED) is 0.174. The molecule has 3 aromatic rings. The minimum Gasteiger partial charge on any atom is -0.484 e. The van der Waals surface area contributed by atoms with Crippen LogP contribution in [-0.2, 0) is 16.1 Å². The third kappa shape index (κ3) is 6.94. The molecule has 11 heteroatoms. The Labute approximate surface area is 202 Å². The molecule has 0 bridgehead atoms. The van der Waals surface area contributed by atoms with Gasteiger partial charge in [0.15, 0.2) is 5.75 Å². The van der Waals surface area contributed by atoms with E-state index in [1.807, 2.05) is 0 Å². The fourth-order valence-electron chi connectivity index (χ4n) is 2.97. The molecule has 1 N–H and O–H groups in total. The van der Waals surface area contributed by atoms with Crippen molar-refractivity contribution in [3.05, 3.63) is 101 Å². The van der Waals surface area contributed by atoms with Gasteiger partial charge in [-0.05, 0) is 17.7 Å². The van der Waals surface area contributed by atoms with Crippen LogP contribution in [0.5, 0.6) is 5.75 Å². The number of alkyl carbamates (subject to hydrolysis) is 1. The summed E-state index contributed by atoms with van der Waals surface area (Å²) < 4.78 is 83.2. The number of ether oxygens (including phenoxy) is 3. The Hall–Kier alpha value is -4.15. The van der Waals surface area contributed by atoms with Gasteiger partial charge in [0.25, 0.3) is 0 Å². The summed E-state index contributed by atoms with van der Waals surface area (Å²) >= 11 is 0. The molecule has 6 nitrogen and oxygen atoms in total. The number of nitrogens with one attached hydrogen (secondary N) is 1. The topological polar surface area (TPSA) is 73.9 Å². The molecule has 1 amide bonds. The van der Waals surface area contributed by atoms with E-state index in [1.165, 1.54) is 12.1 Å². The summed E-state index contributed by atoms with van der Waals surface area (Å²) in [6.07, 6.45) is -2.15. The average Bonchev–Trinajstić information content (AvgIpc) is 2.90. The largest absolute Gasteiger partial charge is 0.484 e. The highest BCUT2D eigenvalue weighted by molar-refractivity contribution is 5.89. The van der Waals surface area contributed by atoms with Crippen molar-refractivity contribution in [2.24, 2.45) is 0 Å². The minimum atomic E-state index is -2.33. The van der Waals surface area contributed by atoms with Gasteiger partial charge in [-0.3, -0.25) is 0 Å². The van der Waals surface area contributed by atoms with E-state index >= 15 is 0 Å². The van der Waals surface area contributed by atoms with Gasteiger partial charge in [-0.25, -0.2) is 22.8 Å². The summed E-state index contributed by atoms with van der Waals surface area (Å²) in [7, 11) is 0. The van der Waals surface area contributed by atoms with Crippen molar-refractivity contribution in [1.82, 2.24) is 5.32 Å². The molecule has 0 saturated carbocycles. The van der Waals surface area contributed by atoms with Crippen molar-refractivity contribution in [2.75, 3.05) is 13.2 Å². The van der Waals surface area contributed by atoms with Crippen molar-refractivity contribution in [2.45, 2.75) is 19.1 Å². The zero-order chi connectivity index (χ0) is 26.1. The fraction of sp³-hybridized carbons (Fsp3) is 0.200. The fourth-order valence-corrected chi connectivity index (χ4v) is 2.97. The molecule has 1 unspecified atom stereocenters. The van der Waals surface area contributed by atoms with E-state index in [0.717, 1.165) is 5.56 Å². The smallest absolute Gasteiger partial charge is 0.407 e. The van der Waals surface area contributed by atoms with Crippen LogP contribution in [0.15, 0.2) is 60.7 Å². The van der Waals surface area contributed by atoms with Gasteiger partial charge in [-0.15, -0.1) is 0 Å². The van der Waals surface area contributed by atoms with Gasteiger partial charge in [0.1, 0.15) is 19.3 Å². The predicted octanol–water partition coefficient (Wildman–Crippen LogP) is 5.30. The van der Waals surface area contributed by atoms with Gasteiger partial charge in [-0.1, -0.05) is 48.5 Å². The lowest BCUT2D eigenvalue weighted by Gasteiger charge is -2.19. The summed E-state index contributed by atoms with van der Waals surface area (Å²) in [5.41, 5.74) is 0.896. The van der Waals surface area contributed by atoms with Crippen LogP contribution in [-0.4, -0.2) is 31.3 Å². The molecule has 3 aromatic carbocycles. The summed E-state index contributed by atoms with van der Waals surface area (Å²) in [5, 5.41) is 2.42. The second-order valence-corrected chi connectivity index (χ2v) is 7.38. The average molecular weight is 509 g/mol. The predicted molar refractivity (Wildman–Crippen MR) is 117 cm³/mol. The first-order valence-corrected chi connectivity index (χ1v) is 10.6. The standard InChI is InChI=1S/C25H20F5NO5/c26-18-19(27)21(29)23(22(30)20(18)28)34-14-17(36-24(32)16-9-5-2-6-10-16)11-12-31-25(33)35-13-15-7-3-1-4-8-15/h1-10,17H,11-14H2,(H,31,33). The Morgan fingerprint density at radius 3 is 1.94 bits per heavy atom.